The van der Waals surface area contributed by atoms with Gasteiger partial charge in [0.15, 0.2) is 0 Å². The third-order valence-corrected chi connectivity index (χ3v) is 3.33. The Hall–Kier alpha value is -2.42. The predicted molar refractivity (Wildman–Crippen MR) is 77.0 cm³/mol. The molecule has 0 fully saturated rings. The molecule has 0 aliphatic carbocycles. The molecule has 21 heavy (non-hydrogen) atoms. The zero-order valence-electron chi connectivity index (χ0n) is 12.9. The Morgan fingerprint density at radius 2 is 2.05 bits per heavy atom. The second kappa shape index (κ2) is 5.17. The maximum absolute atomic E-state index is 12.2. The fraction of sp³-hybridized carbons (Fsp3) is 0.467. The number of aryl methyl sites for hydroxylation is 1. The zero-order chi connectivity index (χ0) is 15.8. The second-order valence-electron chi connectivity index (χ2n) is 6.03. The van der Waals surface area contributed by atoms with Crippen LogP contribution in [0.1, 0.15) is 49.2 Å². The van der Waals surface area contributed by atoms with Crippen molar-refractivity contribution in [2.75, 3.05) is 0 Å². The van der Waals surface area contributed by atoms with Crippen molar-refractivity contribution >= 4 is 0 Å². The van der Waals surface area contributed by atoms with Crippen LogP contribution < -0.4 is 5.56 Å². The van der Waals surface area contributed by atoms with Crippen molar-refractivity contribution in [2.24, 2.45) is 0 Å². The monoisotopic (exact) mass is 286 g/mol. The van der Waals surface area contributed by atoms with Gasteiger partial charge in [0.05, 0.1) is 11.9 Å². The summed E-state index contributed by atoms with van der Waals surface area (Å²) in [6.45, 7) is 9.66. The van der Waals surface area contributed by atoms with Crippen molar-refractivity contribution in [2.45, 2.75) is 46.6 Å². The SMILES string of the molecule is Cc1nn(Cc2ncc(C(C)(C)C)o2)c(=O)c(C#N)c1C. The average molecular weight is 286 g/mol. The lowest BCUT2D eigenvalue weighted by Gasteiger charge is -2.13. The van der Waals surface area contributed by atoms with Crippen molar-refractivity contribution in [3.63, 3.8) is 0 Å². The average Bonchev–Trinajstić information content (AvgIpc) is 2.85. The Balaban J connectivity index is 2.42. The molecule has 0 saturated carbocycles. The molecule has 0 aromatic carbocycles. The maximum Gasteiger partial charge on any atom is 0.285 e. The van der Waals surface area contributed by atoms with Gasteiger partial charge in [0.2, 0.25) is 5.89 Å². The van der Waals surface area contributed by atoms with Gasteiger partial charge in [-0.05, 0) is 19.4 Å². The first-order chi connectivity index (χ1) is 9.74. The van der Waals surface area contributed by atoms with Gasteiger partial charge < -0.3 is 4.42 Å². The Kier molecular flexibility index (Phi) is 3.69. The molecule has 2 rings (SSSR count). The van der Waals surface area contributed by atoms with E-state index in [1.54, 1.807) is 20.0 Å². The summed E-state index contributed by atoms with van der Waals surface area (Å²) >= 11 is 0. The Morgan fingerprint density at radius 3 is 2.57 bits per heavy atom. The smallest absolute Gasteiger partial charge is 0.285 e. The molecule has 0 aliphatic rings. The quantitative estimate of drug-likeness (QED) is 0.843. The van der Waals surface area contributed by atoms with E-state index in [1.807, 2.05) is 26.8 Å². The first kappa shape index (κ1) is 15.0. The number of nitrogens with zero attached hydrogens (tertiary/aromatic N) is 4. The van der Waals surface area contributed by atoms with Crippen LogP contribution in [0.5, 0.6) is 0 Å². The molecule has 0 radical (unpaired) electrons. The summed E-state index contributed by atoms with van der Waals surface area (Å²) in [4.78, 5) is 16.4. The second-order valence-corrected chi connectivity index (χ2v) is 6.03. The molecule has 0 bridgehead atoms. The van der Waals surface area contributed by atoms with Crippen molar-refractivity contribution < 1.29 is 4.42 Å². The summed E-state index contributed by atoms with van der Waals surface area (Å²) in [5, 5.41) is 13.3. The molecule has 0 spiro atoms. The van der Waals surface area contributed by atoms with Gasteiger partial charge >= 0.3 is 0 Å². The fourth-order valence-corrected chi connectivity index (χ4v) is 1.87. The molecule has 2 aromatic rings. The molecular formula is C15H18N4O2. The van der Waals surface area contributed by atoms with E-state index in [2.05, 4.69) is 10.1 Å². The van der Waals surface area contributed by atoms with Crippen molar-refractivity contribution in [1.29, 1.82) is 5.26 Å². The summed E-state index contributed by atoms with van der Waals surface area (Å²) in [7, 11) is 0. The number of hydrogen-bond acceptors (Lipinski definition) is 5. The highest BCUT2D eigenvalue weighted by molar-refractivity contribution is 5.36. The molecule has 0 amide bonds. The van der Waals surface area contributed by atoms with Crippen LogP contribution in [0.25, 0.3) is 0 Å². The zero-order valence-corrected chi connectivity index (χ0v) is 12.9. The third kappa shape index (κ3) is 2.87. The van der Waals surface area contributed by atoms with Crippen LogP contribution in [0.4, 0.5) is 0 Å². The van der Waals surface area contributed by atoms with E-state index in [0.717, 1.165) is 5.76 Å². The molecule has 0 saturated heterocycles. The van der Waals surface area contributed by atoms with E-state index in [9.17, 15) is 4.79 Å². The molecule has 0 aliphatic heterocycles. The van der Waals surface area contributed by atoms with Gasteiger partial charge in [-0.25, -0.2) is 9.67 Å². The van der Waals surface area contributed by atoms with E-state index < -0.39 is 5.56 Å². The first-order valence-electron chi connectivity index (χ1n) is 6.67. The normalized spacial score (nSPS) is 11.4. The van der Waals surface area contributed by atoms with Crippen LogP contribution in [-0.4, -0.2) is 14.8 Å². The fourth-order valence-electron chi connectivity index (χ4n) is 1.87. The lowest BCUT2D eigenvalue weighted by molar-refractivity contribution is 0.369. The topological polar surface area (TPSA) is 84.7 Å². The molecule has 6 nitrogen and oxygen atoms in total. The predicted octanol–water partition coefficient (Wildman–Crippen LogP) is 2.07. The van der Waals surface area contributed by atoms with E-state index >= 15 is 0 Å². The molecule has 0 atom stereocenters. The summed E-state index contributed by atoms with van der Waals surface area (Å²) < 4.78 is 6.88. The first-order valence-corrected chi connectivity index (χ1v) is 6.67. The number of oxazole rings is 1. The largest absolute Gasteiger partial charge is 0.443 e. The van der Waals surface area contributed by atoms with Gasteiger partial charge in [-0.15, -0.1) is 0 Å². The molecular weight excluding hydrogens is 268 g/mol. The van der Waals surface area contributed by atoms with Crippen LogP contribution >= 0.6 is 0 Å². The Bertz CT molecular complexity index is 772. The van der Waals surface area contributed by atoms with Gasteiger partial charge in [0.25, 0.3) is 5.56 Å². The van der Waals surface area contributed by atoms with E-state index in [1.165, 1.54) is 4.68 Å². The summed E-state index contributed by atoms with van der Waals surface area (Å²) in [6.07, 6.45) is 1.66. The number of nitriles is 1. The van der Waals surface area contributed by atoms with Crippen LogP contribution in [0, 0.1) is 25.2 Å². The van der Waals surface area contributed by atoms with Crippen molar-refractivity contribution in [3.05, 3.63) is 45.0 Å². The van der Waals surface area contributed by atoms with E-state index in [0.29, 0.717) is 17.1 Å². The number of hydrogen-bond donors (Lipinski definition) is 0. The van der Waals surface area contributed by atoms with E-state index in [4.69, 9.17) is 9.68 Å². The van der Waals surface area contributed by atoms with Crippen LogP contribution in [0.15, 0.2) is 15.4 Å². The highest BCUT2D eigenvalue weighted by atomic mass is 16.4. The van der Waals surface area contributed by atoms with E-state index in [-0.39, 0.29) is 17.5 Å². The minimum atomic E-state index is -0.420. The summed E-state index contributed by atoms with van der Waals surface area (Å²) in [5.74, 6) is 1.15. The van der Waals surface area contributed by atoms with Gasteiger partial charge in [0, 0.05) is 5.41 Å². The summed E-state index contributed by atoms with van der Waals surface area (Å²) in [5.41, 5.74) is 0.807. The Morgan fingerprint density at radius 1 is 1.38 bits per heavy atom. The molecule has 0 N–H and O–H groups in total. The highest BCUT2D eigenvalue weighted by Crippen LogP contribution is 2.22. The van der Waals surface area contributed by atoms with Gasteiger partial charge in [0.1, 0.15) is 23.9 Å². The molecule has 0 unspecified atom stereocenters. The third-order valence-electron chi connectivity index (χ3n) is 3.33. The molecule has 2 heterocycles. The van der Waals surface area contributed by atoms with Gasteiger partial charge in [-0.3, -0.25) is 4.79 Å². The van der Waals surface area contributed by atoms with Gasteiger partial charge in [-0.2, -0.15) is 10.4 Å². The summed E-state index contributed by atoms with van der Waals surface area (Å²) in [6, 6.07) is 1.94. The van der Waals surface area contributed by atoms with Crippen LogP contribution in [-0.2, 0) is 12.0 Å². The van der Waals surface area contributed by atoms with Crippen molar-refractivity contribution in [3.8, 4) is 6.07 Å². The lowest BCUT2D eigenvalue weighted by Crippen LogP contribution is -2.28. The Labute approximate surface area is 123 Å². The highest BCUT2D eigenvalue weighted by Gasteiger charge is 2.20. The molecule has 110 valence electrons. The number of rotatable bonds is 2. The maximum atomic E-state index is 12.2. The minimum absolute atomic E-state index is 0.116. The van der Waals surface area contributed by atoms with Crippen LogP contribution in [0.3, 0.4) is 0 Å². The van der Waals surface area contributed by atoms with Gasteiger partial charge in [-0.1, -0.05) is 20.8 Å². The number of aromatic nitrogens is 3. The van der Waals surface area contributed by atoms with Crippen molar-refractivity contribution in [1.82, 2.24) is 14.8 Å². The lowest BCUT2D eigenvalue weighted by atomic mass is 9.94. The standard InChI is InChI=1S/C15H18N4O2/c1-9-10(2)18-19(14(20)11(9)6-16)8-13-17-7-12(21-13)15(3,4)5/h7H,8H2,1-5H3. The van der Waals surface area contributed by atoms with Crippen LogP contribution in [0.2, 0.25) is 0 Å². The molecule has 6 heteroatoms. The minimum Gasteiger partial charge on any atom is -0.443 e. The molecule has 2 aromatic heterocycles.